The van der Waals surface area contributed by atoms with Gasteiger partial charge in [-0.1, -0.05) is 121 Å². The lowest BCUT2D eigenvalue weighted by Gasteiger charge is -2.26. The molecule has 0 unspecified atom stereocenters. The van der Waals surface area contributed by atoms with Crippen molar-refractivity contribution >= 4 is 21.5 Å². The van der Waals surface area contributed by atoms with Crippen molar-refractivity contribution in [3.8, 4) is 22.6 Å². The topological polar surface area (TPSA) is 72.7 Å². The van der Waals surface area contributed by atoms with Crippen molar-refractivity contribution in [2.75, 3.05) is 0 Å². The number of hydrogen-bond donors (Lipinski definition) is 2. The van der Waals surface area contributed by atoms with E-state index in [1.807, 2.05) is 97.3 Å². The van der Waals surface area contributed by atoms with Crippen LogP contribution in [-0.4, -0.2) is 30.0 Å². The van der Waals surface area contributed by atoms with Crippen molar-refractivity contribution in [2.45, 2.75) is 39.3 Å². The Morgan fingerprint density at radius 1 is 0.389 bits per heavy atom. The van der Waals surface area contributed by atoms with E-state index in [9.17, 15) is 10.2 Å². The number of benzene rings is 6. The third kappa shape index (κ3) is 7.86. The van der Waals surface area contributed by atoms with E-state index in [0.717, 1.165) is 44.1 Å². The average molecular weight is 707 g/mol. The molecule has 0 saturated carbocycles. The van der Waals surface area contributed by atoms with Crippen LogP contribution in [0.2, 0.25) is 0 Å². The molecule has 54 heavy (non-hydrogen) atoms. The Morgan fingerprint density at radius 2 is 0.778 bits per heavy atom. The summed E-state index contributed by atoms with van der Waals surface area (Å²) in [5.41, 5.74) is 7.10. The smallest absolute Gasteiger partial charge is 0.128 e. The van der Waals surface area contributed by atoms with Crippen molar-refractivity contribution in [3.63, 3.8) is 0 Å². The molecule has 0 bridgehead atoms. The Balaban J connectivity index is 1.25. The van der Waals surface area contributed by atoms with Gasteiger partial charge in [-0.2, -0.15) is 0 Å². The number of fused-ring (bicyclic) bond motifs is 2. The molecule has 266 valence electrons. The molecule has 0 spiro atoms. The molecule has 0 saturated heterocycles. The van der Waals surface area contributed by atoms with E-state index in [4.69, 9.17) is 0 Å². The van der Waals surface area contributed by atoms with Gasteiger partial charge in [0.15, 0.2) is 0 Å². The summed E-state index contributed by atoms with van der Waals surface area (Å²) in [7, 11) is 0. The molecule has 8 rings (SSSR count). The highest BCUT2D eigenvalue weighted by molar-refractivity contribution is 6.10. The zero-order valence-corrected chi connectivity index (χ0v) is 30.1. The summed E-state index contributed by atoms with van der Waals surface area (Å²) < 4.78 is 0. The molecule has 0 aliphatic heterocycles. The van der Waals surface area contributed by atoms with Crippen LogP contribution in [0.1, 0.15) is 33.6 Å². The maximum atomic E-state index is 12.5. The summed E-state index contributed by atoms with van der Waals surface area (Å²) in [5, 5.41) is 28.7. The highest BCUT2D eigenvalue weighted by Crippen LogP contribution is 2.48. The van der Waals surface area contributed by atoms with E-state index >= 15 is 0 Å². The van der Waals surface area contributed by atoms with Gasteiger partial charge in [-0.3, -0.25) is 19.8 Å². The fourth-order valence-electron chi connectivity index (χ4n) is 7.48. The minimum Gasteiger partial charge on any atom is -0.507 e. The van der Waals surface area contributed by atoms with E-state index in [1.54, 1.807) is 0 Å². The van der Waals surface area contributed by atoms with Gasteiger partial charge in [-0.25, -0.2) is 0 Å². The van der Waals surface area contributed by atoms with Crippen molar-refractivity contribution in [3.05, 3.63) is 204 Å². The molecular formula is C48H42N4O2. The number of hydrogen-bond acceptors (Lipinski definition) is 6. The average Bonchev–Trinajstić information content (AvgIpc) is 3.21. The van der Waals surface area contributed by atoms with Crippen LogP contribution < -0.4 is 0 Å². The van der Waals surface area contributed by atoms with Gasteiger partial charge in [0.2, 0.25) is 0 Å². The Hall–Kier alpha value is -6.34. The summed E-state index contributed by atoms with van der Waals surface area (Å²) in [6.45, 7) is 3.51. The van der Waals surface area contributed by atoms with Crippen LogP contribution >= 0.6 is 0 Å². The lowest BCUT2D eigenvalue weighted by Crippen LogP contribution is -2.23. The van der Waals surface area contributed by atoms with Gasteiger partial charge in [-0.15, -0.1) is 0 Å². The number of phenols is 2. The molecule has 6 nitrogen and oxygen atoms in total. The Labute approximate surface area is 316 Å². The fraction of sp³-hybridized carbons (Fsp3) is 0.125. The van der Waals surface area contributed by atoms with Gasteiger partial charge in [0.05, 0.1) is 11.4 Å². The Bertz CT molecular complexity index is 2220. The first-order valence-corrected chi connectivity index (χ1v) is 18.4. The maximum absolute atomic E-state index is 12.5. The van der Waals surface area contributed by atoms with Gasteiger partial charge < -0.3 is 10.2 Å². The molecule has 0 radical (unpaired) electrons. The Morgan fingerprint density at radius 3 is 1.19 bits per heavy atom. The third-order valence-electron chi connectivity index (χ3n) is 9.96. The first-order valence-electron chi connectivity index (χ1n) is 18.4. The van der Waals surface area contributed by atoms with E-state index in [0.29, 0.717) is 50.4 Å². The van der Waals surface area contributed by atoms with E-state index in [-0.39, 0.29) is 11.5 Å². The molecule has 6 aromatic carbocycles. The second-order valence-electron chi connectivity index (χ2n) is 13.9. The molecule has 6 heteroatoms. The summed E-state index contributed by atoms with van der Waals surface area (Å²) in [4.78, 5) is 13.9. The zero-order valence-electron chi connectivity index (χ0n) is 30.1. The summed E-state index contributed by atoms with van der Waals surface area (Å²) in [6.07, 6.45) is 3.64. The van der Waals surface area contributed by atoms with Crippen molar-refractivity contribution in [1.29, 1.82) is 0 Å². The van der Waals surface area contributed by atoms with Crippen LogP contribution in [0.4, 0.5) is 0 Å². The molecule has 0 fully saturated rings. The molecule has 0 amide bonds. The molecule has 0 aliphatic rings. The molecule has 2 heterocycles. The lowest BCUT2D eigenvalue weighted by atomic mass is 9.88. The minimum atomic E-state index is 0.167. The quantitative estimate of drug-likeness (QED) is 0.124. The first kappa shape index (κ1) is 34.7. The lowest BCUT2D eigenvalue weighted by molar-refractivity contribution is 0.241. The van der Waals surface area contributed by atoms with Gasteiger partial charge in [0, 0.05) is 73.9 Å². The van der Waals surface area contributed by atoms with E-state index in [2.05, 4.69) is 92.6 Å². The predicted octanol–water partition coefficient (Wildman–Crippen LogP) is 10.3. The van der Waals surface area contributed by atoms with Crippen molar-refractivity contribution < 1.29 is 10.2 Å². The normalized spacial score (nSPS) is 11.5. The van der Waals surface area contributed by atoms with Gasteiger partial charge in [-0.05, 0) is 69.1 Å². The molecule has 8 aromatic rings. The fourth-order valence-corrected chi connectivity index (χ4v) is 7.48. The summed E-state index contributed by atoms with van der Waals surface area (Å²) in [6, 6.07) is 53.2. The number of pyridine rings is 2. The van der Waals surface area contributed by atoms with Crippen molar-refractivity contribution in [2.24, 2.45) is 0 Å². The minimum absolute atomic E-state index is 0.167. The second kappa shape index (κ2) is 16.1. The van der Waals surface area contributed by atoms with Gasteiger partial charge in [0.25, 0.3) is 0 Å². The second-order valence-corrected chi connectivity index (χ2v) is 13.9. The highest BCUT2D eigenvalue weighted by Gasteiger charge is 2.24. The van der Waals surface area contributed by atoms with Gasteiger partial charge in [0.1, 0.15) is 11.5 Å². The first-order chi connectivity index (χ1) is 26.6. The molecule has 0 atom stereocenters. The highest BCUT2D eigenvalue weighted by atomic mass is 16.3. The maximum Gasteiger partial charge on any atom is 0.128 e. The number of nitrogens with zero attached hydrogens (tertiary/aromatic N) is 4. The zero-order chi connectivity index (χ0) is 36.7. The molecular weight excluding hydrogens is 665 g/mol. The monoisotopic (exact) mass is 706 g/mol. The summed E-state index contributed by atoms with van der Waals surface area (Å²) >= 11 is 0. The van der Waals surface area contributed by atoms with Gasteiger partial charge >= 0.3 is 0 Å². The standard InChI is InChI=1S/C48H42N4O2/c53-47-39(31-51(29-35-15-3-1-4-16-35)33-41-21-11-13-25-49-41)27-37-19-7-9-23-43(37)45(47)46-44-24-10-8-20-38(44)28-40(48(46)54)32-52(30-36-17-5-2-6-18-36)34-42-22-12-14-26-50-42/h1-28,53-54H,29-34H2. The van der Waals surface area contributed by atoms with E-state index < -0.39 is 0 Å². The third-order valence-corrected chi connectivity index (χ3v) is 9.96. The largest absolute Gasteiger partial charge is 0.507 e. The SMILES string of the molecule is Oc1c(CN(Cc2ccccc2)Cc2ccccn2)cc2ccccc2c1-c1c(O)c(CN(Cc2ccccc2)Cc2ccccn2)cc2ccccc12. The number of rotatable bonds is 13. The predicted molar refractivity (Wildman–Crippen MR) is 217 cm³/mol. The van der Waals surface area contributed by atoms with Crippen LogP contribution in [-0.2, 0) is 39.3 Å². The number of aromatic nitrogens is 2. The van der Waals surface area contributed by atoms with Crippen LogP contribution in [0.15, 0.2) is 170 Å². The van der Waals surface area contributed by atoms with Crippen LogP contribution in [0, 0.1) is 0 Å². The van der Waals surface area contributed by atoms with Crippen molar-refractivity contribution in [1.82, 2.24) is 19.8 Å². The number of phenolic OH excluding ortho intramolecular Hbond substituents is 2. The number of aromatic hydroxyl groups is 2. The van der Waals surface area contributed by atoms with Crippen LogP contribution in [0.5, 0.6) is 11.5 Å². The summed E-state index contributed by atoms with van der Waals surface area (Å²) in [5.74, 6) is 0.333. The molecule has 2 aromatic heterocycles. The Kier molecular flexibility index (Phi) is 10.4. The van der Waals surface area contributed by atoms with Crippen LogP contribution in [0.25, 0.3) is 32.7 Å². The van der Waals surface area contributed by atoms with E-state index in [1.165, 1.54) is 11.1 Å². The van der Waals surface area contributed by atoms with Crippen LogP contribution in [0.3, 0.4) is 0 Å². The molecule has 0 aliphatic carbocycles. The molecule has 2 N–H and O–H groups in total.